The van der Waals surface area contributed by atoms with Gasteiger partial charge in [-0.1, -0.05) is 23.7 Å². The molecule has 1 N–H and O–H groups in total. The van der Waals surface area contributed by atoms with Crippen molar-refractivity contribution in [2.75, 3.05) is 36.5 Å². The minimum absolute atomic E-state index is 0.181. The quantitative estimate of drug-likeness (QED) is 0.727. The molecule has 28 heavy (non-hydrogen) atoms. The van der Waals surface area contributed by atoms with Gasteiger partial charge in [-0.05, 0) is 48.5 Å². The summed E-state index contributed by atoms with van der Waals surface area (Å²) in [6, 6.07) is 18.2. The molecule has 0 saturated carbocycles. The van der Waals surface area contributed by atoms with Gasteiger partial charge in [0.2, 0.25) is 0 Å². The summed E-state index contributed by atoms with van der Waals surface area (Å²) in [5.41, 5.74) is 2.98. The molecule has 1 aromatic heterocycles. The molecular formula is C21H19ClN4O2. The number of nitrogens with one attached hydrogen (secondary N) is 1. The van der Waals surface area contributed by atoms with Crippen molar-refractivity contribution in [3.8, 4) is 11.3 Å². The first kappa shape index (κ1) is 18.4. The zero-order valence-corrected chi connectivity index (χ0v) is 15.9. The Morgan fingerprint density at radius 1 is 0.929 bits per heavy atom. The van der Waals surface area contributed by atoms with Crippen LogP contribution in [0, 0.1) is 0 Å². The Hall–Kier alpha value is -2.96. The third-order valence-corrected chi connectivity index (χ3v) is 4.78. The molecule has 0 aliphatic carbocycles. The number of aromatic nitrogens is 2. The first-order chi connectivity index (χ1) is 13.7. The van der Waals surface area contributed by atoms with Gasteiger partial charge in [-0.2, -0.15) is 0 Å². The van der Waals surface area contributed by atoms with Crippen molar-refractivity contribution in [3.05, 3.63) is 71.2 Å². The summed E-state index contributed by atoms with van der Waals surface area (Å²) >= 11 is 5.86. The van der Waals surface area contributed by atoms with Gasteiger partial charge in [0.05, 0.1) is 18.9 Å². The van der Waals surface area contributed by atoms with Crippen molar-refractivity contribution in [1.82, 2.24) is 10.2 Å². The molecule has 0 radical (unpaired) electrons. The Morgan fingerprint density at radius 3 is 2.29 bits per heavy atom. The number of carbonyl (C=O) groups excluding carboxylic acids is 1. The lowest BCUT2D eigenvalue weighted by molar-refractivity contribution is 0.102. The second kappa shape index (κ2) is 8.37. The molecule has 0 bridgehead atoms. The lowest BCUT2D eigenvalue weighted by Gasteiger charge is -2.27. The fourth-order valence-electron chi connectivity index (χ4n) is 2.97. The Kier molecular flexibility index (Phi) is 5.50. The Bertz CT molecular complexity index is 938. The molecule has 1 amide bonds. The number of anilines is 2. The van der Waals surface area contributed by atoms with Crippen LogP contribution in [0.5, 0.6) is 0 Å². The summed E-state index contributed by atoms with van der Waals surface area (Å²) in [4.78, 5) is 14.4. The molecule has 1 aliphatic heterocycles. The summed E-state index contributed by atoms with van der Waals surface area (Å²) in [5, 5.41) is 12.1. The third-order valence-electron chi connectivity index (χ3n) is 4.53. The van der Waals surface area contributed by atoms with Crippen LogP contribution in [-0.2, 0) is 4.74 Å². The fraction of sp³-hybridized carbons (Fsp3) is 0.190. The number of benzene rings is 2. The van der Waals surface area contributed by atoms with E-state index in [1.807, 2.05) is 36.4 Å². The Morgan fingerprint density at radius 2 is 1.64 bits per heavy atom. The Balaban J connectivity index is 1.42. The average Bonchev–Trinajstić information content (AvgIpc) is 2.75. The maximum absolute atomic E-state index is 12.3. The SMILES string of the molecule is O=C(Nc1ccc(-c2ccc(N3CCOCC3)nn2)cc1)c1ccc(Cl)cc1. The van der Waals surface area contributed by atoms with Crippen molar-refractivity contribution in [3.63, 3.8) is 0 Å². The van der Waals surface area contributed by atoms with Crippen LogP contribution in [-0.4, -0.2) is 42.4 Å². The van der Waals surface area contributed by atoms with Gasteiger partial charge in [0.25, 0.3) is 5.91 Å². The van der Waals surface area contributed by atoms with Crippen LogP contribution in [0.15, 0.2) is 60.7 Å². The van der Waals surface area contributed by atoms with E-state index in [9.17, 15) is 4.79 Å². The Labute approximate surface area is 168 Å². The minimum Gasteiger partial charge on any atom is -0.378 e. The highest BCUT2D eigenvalue weighted by Gasteiger charge is 2.13. The number of hydrogen-bond acceptors (Lipinski definition) is 5. The van der Waals surface area contributed by atoms with E-state index in [1.54, 1.807) is 24.3 Å². The number of hydrogen-bond donors (Lipinski definition) is 1. The number of morpholine rings is 1. The van der Waals surface area contributed by atoms with Crippen LogP contribution < -0.4 is 10.2 Å². The van der Waals surface area contributed by atoms with Crippen LogP contribution in [0.25, 0.3) is 11.3 Å². The highest BCUT2D eigenvalue weighted by Crippen LogP contribution is 2.21. The van der Waals surface area contributed by atoms with Crippen LogP contribution in [0.1, 0.15) is 10.4 Å². The molecule has 1 aliphatic rings. The number of amides is 1. The van der Waals surface area contributed by atoms with E-state index in [2.05, 4.69) is 20.4 Å². The zero-order valence-electron chi connectivity index (χ0n) is 15.1. The van der Waals surface area contributed by atoms with Crippen LogP contribution in [0.2, 0.25) is 5.02 Å². The summed E-state index contributed by atoms with van der Waals surface area (Å²) in [5.74, 6) is 0.679. The standard InChI is InChI=1S/C21H19ClN4O2/c22-17-5-1-16(2-6-17)21(27)23-18-7-3-15(4-8-18)19-9-10-20(25-24-19)26-11-13-28-14-12-26/h1-10H,11-14H2,(H,23,27). The summed E-state index contributed by atoms with van der Waals surface area (Å²) < 4.78 is 5.36. The number of halogens is 1. The van der Waals surface area contributed by atoms with Crippen molar-refractivity contribution in [2.24, 2.45) is 0 Å². The highest BCUT2D eigenvalue weighted by atomic mass is 35.5. The van der Waals surface area contributed by atoms with Crippen molar-refractivity contribution in [2.45, 2.75) is 0 Å². The van der Waals surface area contributed by atoms with Crippen LogP contribution >= 0.6 is 11.6 Å². The van der Waals surface area contributed by atoms with Crippen molar-refractivity contribution in [1.29, 1.82) is 0 Å². The molecule has 1 fully saturated rings. The van der Waals surface area contributed by atoms with Gasteiger partial charge in [0, 0.05) is 34.9 Å². The first-order valence-corrected chi connectivity index (χ1v) is 9.41. The van der Waals surface area contributed by atoms with E-state index in [4.69, 9.17) is 16.3 Å². The van der Waals surface area contributed by atoms with E-state index in [1.165, 1.54) is 0 Å². The molecule has 1 saturated heterocycles. The van der Waals surface area contributed by atoms with Gasteiger partial charge in [0.15, 0.2) is 5.82 Å². The zero-order chi connectivity index (χ0) is 19.3. The van der Waals surface area contributed by atoms with Gasteiger partial charge in [-0.3, -0.25) is 4.79 Å². The lowest BCUT2D eigenvalue weighted by atomic mass is 10.1. The maximum atomic E-state index is 12.3. The molecule has 0 spiro atoms. The molecule has 4 rings (SSSR count). The van der Waals surface area contributed by atoms with Crippen molar-refractivity contribution < 1.29 is 9.53 Å². The number of rotatable bonds is 4. The molecular weight excluding hydrogens is 376 g/mol. The number of ether oxygens (including phenoxy) is 1. The van der Waals surface area contributed by atoms with E-state index in [-0.39, 0.29) is 5.91 Å². The average molecular weight is 395 g/mol. The first-order valence-electron chi connectivity index (χ1n) is 9.03. The number of nitrogens with zero attached hydrogens (tertiary/aromatic N) is 3. The molecule has 6 nitrogen and oxygen atoms in total. The monoisotopic (exact) mass is 394 g/mol. The van der Waals surface area contributed by atoms with E-state index in [0.29, 0.717) is 29.5 Å². The van der Waals surface area contributed by atoms with E-state index >= 15 is 0 Å². The summed E-state index contributed by atoms with van der Waals surface area (Å²) in [6.07, 6.45) is 0. The predicted molar refractivity (Wildman–Crippen MR) is 110 cm³/mol. The second-order valence-electron chi connectivity index (χ2n) is 6.41. The number of carbonyl (C=O) groups is 1. The fourth-order valence-corrected chi connectivity index (χ4v) is 3.10. The molecule has 0 atom stereocenters. The molecule has 142 valence electrons. The summed E-state index contributed by atoms with van der Waals surface area (Å²) in [7, 11) is 0. The topological polar surface area (TPSA) is 67.4 Å². The van der Waals surface area contributed by atoms with E-state index < -0.39 is 0 Å². The predicted octanol–water partition coefficient (Wildman–Crippen LogP) is 3.89. The van der Waals surface area contributed by atoms with Gasteiger partial charge < -0.3 is 15.0 Å². The summed E-state index contributed by atoms with van der Waals surface area (Å²) in [6.45, 7) is 3.09. The van der Waals surface area contributed by atoms with Gasteiger partial charge in [-0.15, -0.1) is 10.2 Å². The van der Waals surface area contributed by atoms with E-state index in [0.717, 1.165) is 30.2 Å². The van der Waals surface area contributed by atoms with Crippen LogP contribution in [0.3, 0.4) is 0 Å². The van der Waals surface area contributed by atoms with Crippen LogP contribution in [0.4, 0.5) is 11.5 Å². The molecule has 7 heteroatoms. The molecule has 2 heterocycles. The lowest BCUT2D eigenvalue weighted by Crippen LogP contribution is -2.36. The van der Waals surface area contributed by atoms with Gasteiger partial charge >= 0.3 is 0 Å². The smallest absolute Gasteiger partial charge is 0.255 e. The minimum atomic E-state index is -0.181. The maximum Gasteiger partial charge on any atom is 0.255 e. The molecule has 3 aromatic rings. The van der Waals surface area contributed by atoms with Gasteiger partial charge in [0.1, 0.15) is 0 Å². The largest absolute Gasteiger partial charge is 0.378 e. The molecule has 0 unspecified atom stereocenters. The normalized spacial score (nSPS) is 14.0. The highest BCUT2D eigenvalue weighted by molar-refractivity contribution is 6.30. The third kappa shape index (κ3) is 4.30. The van der Waals surface area contributed by atoms with Crippen molar-refractivity contribution >= 4 is 29.0 Å². The van der Waals surface area contributed by atoms with Gasteiger partial charge in [-0.25, -0.2) is 0 Å². The molecule has 2 aromatic carbocycles. The second-order valence-corrected chi connectivity index (χ2v) is 6.85.